The topological polar surface area (TPSA) is 55.1 Å². The molecule has 3 unspecified atom stereocenters. The van der Waals surface area contributed by atoms with Gasteiger partial charge in [-0.25, -0.2) is 0 Å². The molecule has 0 bridgehead atoms. The van der Waals surface area contributed by atoms with Crippen LogP contribution >= 0.6 is 0 Å². The van der Waals surface area contributed by atoms with E-state index < -0.39 is 0 Å². The fourth-order valence-electron chi connectivity index (χ4n) is 1.75. The van der Waals surface area contributed by atoms with Crippen molar-refractivity contribution < 1.29 is 4.79 Å². The third kappa shape index (κ3) is 3.29. The summed E-state index contributed by atoms with van der Waals surface area (Å²) in [6, 6.07) is 0. The third-order valence-electron chi connectivity index (χ3n) is 3.16. The summed E-state index contributed by atoms with van der Waals surface area (Å²) >= 11 is 0. The van der Waals surface area contributed by atoms with E-state index in [9.17, 15) is 4.79 Å². The van der Waals surface area contributed by atoms with Crippen LogP contribution in [0.3, 0.4) is 0 Å². The standard InChI is InChI=1S/C11H22N2O/c1-3-9(4-5-12)7-13-11(14)10-6-8(10)2/h8-10H,3-7,12H2,1-2H3,(H,13,14). The molecule has 0 radical (unpaired) electrons. The van der Waals surface area contributed by atoms with Crippen molar-refractivity contribution in [3.63, 3.8) is 0 Å². The Kier molecular flexibility index (Phi) is 4.39. The van der Waals surface area contributed by atoms with Crippen molar-refractivity contribution in [2.45, 2.75) is 33.1 Å². The van der Waals surface area contributed by atoms with Gasteiger partial charge in [0.2, 0.25) is 5.91 Å². The van der Waals surface area contributed by atoms with Crippen LogP contribution < -0.4 is 11.1 Å². The first-order valence-corrected chi connectivity index (χ1v) is 5.66. The van der Waals surface area contributed by atoms with Crippen molar-refractivity contribution in [3.05, 3.63) is 0 Å². The number of hydrogen-bond acceptors (Lipinski definition) is 2. The molecular formula is C11H22N2O. The predicted octanol–water partition coefficient (Wildman–Crippen LogP) is 1.13. The molecule has 1 rings (SSSR count). The van der Waals surface area contributed by atoms with Gasteiger partial charge in [-0.2, -0.15) is 0 Å². The SMILES string of the molecule is CCC(CCN)CNC(=O)C1CC1C. The number of nitrogens with one attached hydrogen (secondary N) is 1. The second-order valence-electron chi connectivity index (χ2n) is 4.42. The first kappa shape index (κ1) is 11.5. The summed E-state index contributed by atoms with van der Waals surface area (Å²) in [4.78, 5) is 11.5. The van der Waals surface area contributed by atoms with Gasteiger partial charge in [0.05, 0.1) is 0 Å². The molecule has 1 fully saturated rings. The minimum absolute atomic E-state index is 0.243. The van der Waals surface area contributed by atoms with Crippen LogP contribution in [0.15, 0.2) is 0 Å². The summed E-state index contributed by atoms with van der Waals surface area (Å²) in [5, 5.41) is 3.02. The van der Waals surface area contributed by atoms with Crippen molar-refractivity contribution in [2.75, 3.05) is 13.1 Å². The number of rotatable bonds is 6. The average Bonchev–Trinajstić information content (AvgIpc) is 2.89. The second kappa shape index (κ2) is 5.35. The lowest BCUT2D eigenvalue weighted by atomic mass is 10.0. The molecule has 14 heavy (non-hydrogen) atoms. The van der Waals surface area contributed by atoms with Crippen LogP contribution in [0.1, 0.15) is 33.1 Å². The molecule has 0 spiro atoms. The van der Waals surface area contributed by atoms with E-state index in [1.165, 1.54) is 0 Å². The summed E-state index contributed by atoms with van der Waals surface area (Å²) in [5.41, 5.74) is 5.49. The summed E-state index contributed by atoms with van der Waals surface area (Å²) in [5.74, 6) is 1.70. The Hall–Kier alpha value is -0.570. The number of amides is 1. The Morgan fingerprint density at radius 1 is 1.64 bits per heavy atom. The Balaban J connectivity index is 2.14. The van der Waals surface area contributed by atoms with E-state index in [-0.39, 0.29) is 5.91 Å². The lowest BCUT2D eigenvalue weighted by molar-refractivity contribution is -0.122. The van der Waals surface area contributed by atoms with Gasteiger partial charge in [-0.05, 0) is 31.2 Å². The molecule has 0 aromatic carbocycles. The van der Waals surface area contributed by atoms with E-state index in [2.05, 4.69) is 19.2 Å². The van der Waals surface area contributed by atoms with E-state index in [1.54, 1.807) is 0 Å². The zero-order valence-corrected chi connectivity index (χ0v) is 9.25. The first-order valence-electron chi connectivity index (χ1n) is 5.66. The van der Waals surface area contributed by atoms with Crippen LogP contribution in [0.25, 0.3) is 0 Å². The van der Waals surface area contributed by atoms with Crippen molar-refractivity contribution in [3.8, 4) is 0 Å². The molecule has 3 atom stereocenters. The number of hydrogen-bond donors (Lipinski definition) is 2. The first-order chi connectivity index (χ1) is 6.69. The van der Waals surface area contributed by atoms with Crippen LogP contribution in [0.4, 0.5) is 0 Å². The van der Waals surface area contributed by atoms with E-state index in [0.29, 0.717) is 24.3 Å². The second-order valence-corrected chi connectivity index (χ2v) is 4.42. The summed E-state index contributed by atoms with van der Waals surface area (Å²) < 4.78 is 0. The minimum atomic E-state index is 0.243. The maximum Gasteiger partial charge on any atom is 0.223 e. The fourth-order valence-corrected chi connectivity index (χ4v) is 1.75. The molecule has 0 aromatic heterocycles. The van der Waals surface area contributed by atoms with Crippen LogP contribution in [-0.2, 0) is 4.79 Å². The zero-order chi connectivity index (χ0) is 10.6. The zero-order valence-electron chi connectivity index (χ0n) is 9.25. The lowest BCUT2D eigenvalue weighted by Gasteiger charge is -2.14. The van der Waals surface area contributed by atoms with Crippen molar-refractivity contribution in [2.24, 2.45) is 23.5 Å². The largest absolute Gasteiger partial charge is 0.356 e. The van der Waals surface area contributed by atoms with Crippen LogP contribution in [0.2, 0.25) is 0 Å². The quantitative estimate of drug-likeness (QED) is 0.672. The molecule has 1 saturated carbocycles. The molecule has 0 aliphatic heterocycles. The fraction of sp³-hybridized carbons (Fsp3) is 0.909. The van der Waals surface area contributed by atoms with E-state index in [4.69, 9.17) is 5.73 Å². The van der Waals surface area contributed by atoms with E-state index in [1.807, 2.05) is 0 Å². The van der Waals surface area contributed by atoms with Crippen LogP contribution in [0.5, 0.6) is 0 Å². The van der Waals surface area contributed by atoms with E-state index in [0.717, 1.165) is 25.8 Å². The van der Waals surface area contributed by atoms with Crippen LogP contribution in [0, 0.1) is 17.8 Å². The van der Waals surface area contributed by atoms with Gasteiger partial charge in [-0.1, -0.05) is 20.3 Å². The highest BCUT2D eigenvalue weighted by molar-refractivity contribution is 5.81. The van der Waals surface area contributed by atoms with E-state index >= 15 is 0 Å². The highest BCUT2D eigenvalue weighted by Crippen LogP contribution is 2.37. The Labute approximate surface area is 86.4 Å². The van der Waals surface area contributed by atoms with Crippen molar-refractivity contribution in [1.29, 1.82) is 0 Å². The molecule has 3 N–H and O–H groups in total. The average molecular weight is 198 g/mol. The van der Waals surface area contributed by atoms with Gasteiger partial charge in [-0.3, -0.25) is 4.79 Å². The van der Waals surface area contributed by atoms with Crippen molar-refractivity contribution >= 4 is 5.91 Å². The van der Waals surface area contributed by atoms with Gasteiger partial charge >= 0.3 is 0 Å². The monoisotopic (exact) mass is 198 g/mol. The molecule has 1 amide bonds. The number of carbonyl (C=O) groups is 1. The number of nitrogens with two attached hydrogens (primary N) is 1. The van der Waals surface area contributed by atoms with Gasteiger partial charge in [0, 0.05) is 12.5 Å². The predicted molar refractivity (Wildman–Crippen MR) is 57.7 cm³/mol. The summed E-state index contributed by atoms with van der Waals surface area (Å²) in [6.07, 6.45) is 3.17. The van der Waals surface area contributed by atoms with Crippen molar-refractivity contribution in [1.82, 2.24) is 5.32 Å². The normalized spacial score (nSPS) is 27.1. The molecule has 0 heterocycles. The summed E-state index contributed by atoms with van der Waals surface area (Å²) in [6.45, 7) is 5.79. The minimum Gasteiger partial charge on any atom is -0.356 e. The Morgan fingerprint density at radius 2 is 2.29 bits per heavy atom. The smallest absolute Gasteiger partial charge is 0.223 e. The molecule has 82 valence electrons. The lowest BCUT2D eigenvalue weighted by Crippen LogP contribution is -2.31. The number of carbonyl (C=O) groups excluding carboxylic acids is 1. The summed E-state index contributed by atoms with van der Waals surface area (Å²) in [7, 11) is 0. The molecule has 3 nitrogen and oxygen atoms in total. The molecule has 1 aliphatic carbocycles. The molecular weight excluding hydrogens is 176 g/mol. The van der Waals surface area contributed by atoms with Gasteiger partial charge in [-0.15, -0.1) is 0 Å². The third-order valence-corrected chi connectivity index (χ3v) is 3.16. The molecule has 0 aromatic rings. The molecule has 0 saturated heterocycles. The van der Waals surface area contributed by atoms with Gasteiger partial charge < -0.3 is 11.1 Å². The van der Waals surface area contributed by atoms with Gasteiger partial charge in [0.1, 0.15) is 0 Å². The van der Waals surface area contributed by atoms with Gasteiger partial charge in [0.15, 0.2) is 0 Å². The highest BCUT2D eigenvalue weighted by Gasteiger charge is 2.38. The Bertz CT molecular complexity index is 194. The highest BCUT2D eigenvalue weighted by atomic mass is 16.2. The molecule has 1 aliphatic rings. The van der Waals surface area contributed by atoms with Gasteiger partial charge in [0.25, 0.3) is 0 Å². The van der Waals surface area contributed by atoms with Crippen LogP contribution in [-0.4, -0.2) is 19.0 Å². The Morgan fingerprint density at radius 3 is 2.71 bits per heavy atom. The molecule has 3 heteroatoms. The maximum absolute atomic E-state index is 11.5. The maximum atomic E-state index is 11.5.